The summed E-state index contributed by atoms with van der Waals surface area (Å²) in [5, 5.41) is 3.61. The first-order valence-corrected chi connectivity index (χ1v) is 5.58. The lowest BCUT2D eigenvalue weighted by Gasteiger charge is -2.17. The van der Waals surface area contributed by atoms with E-state index in [1.165, 1.54) is 43.4 Å². The van der Waals surface area contributed by atoms with Crippen LogP contribution in [0.4, 0.5) is 0 Å². The molecule has 1 aliphatic heterocycles. The van der Waals surface area contributed by atoms with Gasteiger partial charge in [-0.1, -0.05) is 0 Å². The van der Waals surface area contributed by atoms with E-state index in [0.29, 0.717) is 0 Å². The van der Waals surface area contributed by atoms with Gasteiger partial charge >= 0.3 is 0 Å². The molecule has 14 heavy (non-hydrogen) atoms. The number of hydrogen-bond donors (Lipinski definition) is 1. The largest absolute Gasteiger partial charge is 0.314 e. The number of fused-ring (bicyclic) bond motifs is 1. The summed E-state index contributed by atoms with van der Waals surface area (Å²) in [4.78, 5) is 4.20. The molecule has 1 aliphatic carbocycles. The van der Waals surface area contributed by atoms with Gasteiger partial charge in [-0.25, -0.2) is 0 Å². The summed E-state index contributed by atoms with van der Waals surface area (Å²) in [5.74, 6) is 0.830. The van der Waals surface area contributed by atoms with Crippen molar-refractivity contribution < 1.29 is 0 Å². The molecule has 3 rings (SSSR count). The highest BCUT2D eigenvalue weighted by Crippen LogP contribution is 2.30. The zero-order valence-corrected chi connectivity index (χ0v) is 8.37. The van der Waals surface area contributed by atoms with E-state index < -0.39 is 0 Å². The van der Waals surface area contributed by atoms with Crippen LogP contribution in [-0.4, -0.2) is 17.6 Å². The lowest BCUT2D eigenvalue weighted by molar-refractivity contribution is 0.405. The van der Waals surface area contributed by atoms with E-state index in [1.807, 2.05) is 12.4 Å². The van der Waals surface area contributed by atoms with Crippen LogP contribution in [0.3, 0.4) is 0 Å². The van der Waals surface area contributed by atoms with E-state index in [1.54, 1.807) is 0 Å². The quantitative estimate of drug-likeness (QED) is 0.723. The van der Waals surface area contributed by atoms with Gasteiger partial charge in [-0.05, 0) is 55.3 Å². The van der Waals surface area contributed by atoms with Gasteiger partial charge in [0.25, 0.3) is 0 Å². The smallest absolute Gasteiger partial charge is 0.0302 e. The van der Waals surface area contributed by atoms with Crippen LogP contribution in [-0.2, 0) is 12.8 Å². The average Bonchev–Trinajstić information content (AvgIpc) is 2.86. The normalized spacial score (nSPS) is 30.6. The summed E-state index contributed by atoms with van der Waals surface area (Å²) in [5.41, 5.74) is 3.00. The van der Waals surface area contributed by atoms with Gasteiger partial charge in [0.05, 0.1) is 0 Å². The molecule has 1 N–H and O–H groups in total. The molecule has 2 aliphatic rings. The second-order valence-electron chi connectivity index (χ2n) is 4.52. The molecule has 2 atom stereocenters. The number of nitrogens with one attached hydrogen (secondary N) is 1. The maximum absolute atomic E-state index is 4.20. The lowest BCUT2D eigenvalue weighted by Crippen LogP contribution is -2.30. The minimum absolute atomic E-state index is 0.766. The highest BCUT2D eigenvalue weighted by molar-refractivity contribution is 5.29. The number of hydrogen-bond acceptors (Lipinski definition) is 2. The van der Waals surface area contributed by atoms with Crippen molar-refractivity contribution in [2.45, 2.75) is 31.7 Å². The monoisotopic (exact) mass is 188 g/mol. The number of nitrogens with zero attached hydrogens (tertiary/aromatic N) is 1. The summed E-state index contributed by atoms with van der Waals surface area (Å²) in [6.07, 6.45) is 9.19. The van der Waals surface area contributed by atoms with Crippen molar-refractivity contribution in [1.82, 2.24) is 10.3 Å². The molecule has 2 unspecified atom stereocenters. The van der Waals surface area contributed by atoms with E-state index in [9.17, 15) is 0 Å². The molecule has 74 valence electrons. The molecule has 1 aromatic rings. The molecule has 0 bridgehead atoms. The van der Waals surface area contributed by atoms with Gasteiger partial charge in [-0.3, -0.25) is 4.98 Å². The van der Waals surface area contributed by atoms with Crippen LogP contribution in [0.25, 0.3) is 0 Å². The first-order valence-electron chi connectivity index (χ1n) is 5.58. The maximum atomic E-state index is 4.20. The summed E-state index contributed by atoms with van der Waals surface area (Å²) in [6.45, 7) is 1.22. The summed E-state index contributed by atoms with van der Waals surface area (Å²) < 4.78 is 0. The van der Waals surface area contributed by atoms with Crippen LogP contribution in [0.2, 0.25) is 0 Å². The lowest BCUT2D eigenvalue weighted by atomic mass is 9.95. The van der Waals surface area contributed by atoms with Gasteiger partial charge < -0.3 is 5.32 Å². The molecular weight excluding hydrogens is 172 g/mol. The molecule has 0 spiro atoms. The minimum atomic E-state index is 0.766. The Balaban J connectivity index is 1.77. The van der Waals surface area contributed by atoms with Crippen molar-refractivity contribution in [2.75, 3.05) is 6.54 Å². The highest BCUT2D eigenvalue weighted by atomic mass is 14.9. The van der Waals surface area contributed by atoms with Gasteiger partial charge in [-0.15, -0.1) is 0 Å². The van der Waals surface area contributed by atoms with Crippen molar-refractivity contribution in [3.63, 3.8) is 0 Å². The number of aromatic nitrogens is 1. The SMILES string of the molecule is c1cc2c(cn1)CC(C1CCCN1)C2. The Bertz CT molecular complexity index is 304. The standard InChI is InChI=1S/C12H16N2/c1-2-12(14-4-1)10-6-9-3-5-13-8-11(9)7-10/h3,5,8,10,12,14H,1-2,4,6-7H2. The van der Waals surface area contributed by atoms with Crippen molar-refractivity contribution in [3.8, 4) is 0 Å². The Kier molecular flexibility index (Phi) is 2.02. The Morgan fingerprint density at radius 1 is 1.29 bits per heavy atom. The van der Waals surface area contributed by atoms with Crippen molar-refractivity contribution in [3.05, 3.63) is 29.6 Å². The average molecular weight is 188 g/mol. The van der Waals surface area contributed by atoms with E-state index in [2.05, 4.69) is 16.4 Å². The fraction of sp³-hybridized carbons (Fsp3) is 0.583. The summed E-state index contributed by atoms with van der Waals surface area (Å²) >= 11 is 0. The Morgan fingerprint density at radius 2 is 2.21 bits per heavy atom. The molecule has 0 saturated carbocycles. The van der Waals surface area contributed by atoms with Crippen LogP contribution in [0.5, 0.6) is 0 Å². The Hall–Kier alpha value is -0.890. The van der Waals surface area contributed by atoms with Crippen molar-refractivity contribution in [1.29, 1.82) is 0 Å². The van der Waals surface area contributed by atoms with E-state index >= 15 is 0 Å². The zero-order chi connectivity index (χ0) is 9.38. The first-order chi connectivity index (χ1) is 6.93. The Labute approximate surface area is 84.7 Å². The molecule has 0 aromatic carbocycles. The first kappa shape index (κ1) is 8.42. The highest BCUT2D eigenvalue weighted by Gasteiger charge is 2.30. The van der Waals surface area contributed by atoms with E-state index in [4.69, 9.17) is 0 Å². The van der Waals surface area contributed by atoms with Gasteiger partial charge in [0.2, 0.25) is 0 Å². The van der Waals surface area contributed by atoms with Gasteiger partial charge in [-0.2, -0.15) is 0 Å². The predicted molar refractivity (Wildman–Crippen MR) is 56.2 cm³/mol. The molecular formula is C12H16N2. The third kappa shape index (κ3) is 1.34. The predicted octanol–water partition coefficient (Wildman–Crippen LogP) is 1.55. The van der Waals surface area contributed by atoms with Crippen LogP contribution in [0.1, 0.15) is 24.0 Å². The van der Waals surface area contributed by atoms with E-state index in [0.717, 1.165) is 12.0 Å². The molecule has 1 saturated heterocycles. The van der Waals surface area contributed by atoms with Crippen LogP contribution in [0, 0.1) is 5.92 Å². The molecule has 0 amide bonds. The summed E-state index contributed by atoms with van der Waals surface area (Å²) in [6, 6.07) is 2.95. The Morgan fingerprint density at radius 3 is 3.00 bits per heavy atom. The van der Waals surface area contributed by atoms with E-state index in [-0.39, 0.29) is 0 Å². The number of rotatable bonds is 1. The molecule has 2 nitrogen and oxygen atoms in total. The maximum Gasteiger partial charge on any atom is 0.0302 e. The third-order valence-electron chi connectivity index (χ3n) is 3.64. The minimum Gasteiger partial charge on any atom is -0.314 e. The van der Waals surface area contributed by atoms with Gasteiger partial charge in [0.1, 0.15) is 0 Å². The molecule has 2 heteroatoms. The summed E-state index contributed by atoms with van der Waals surface area (Å²) in [7, 11) is 0. The van der Waals surface area contributed by atoms with Crippen LogP contribution in [0.15, 0.2) is 18.5 Å². The van der Waals surface area contributed by atoms with Crippen molar-refractivity contribution in [2.24, 2.45) is 5.92 Å². The van der Waals surface area contributed by atoms with Crippen molar-refractivity contribution >= 4 is 0 Å². The number of pyridine rings is 1. The van der Waals surface area contributed by atoms with Gasteiger partial charge in [0.15, 0.2) is 0 Å². The molecule has 2 heterocycles. The fourth-order valence-electron chi connectivity index (χ4n) is 2.87. The second-order valence-corrected chi connectivity index (χ2v) is 4.52. The molecule has 1 fully saturated rings. The molecule has 0 radical (unpaired) electrons. The third-order valence-corrected chi connectivity index (χ3v) is 3.64. The molecule has 1 aromatic heterocycles. The van der Waals surface area contributed by atoms with Crippen LogP contribution >= 0.6 is 0 Å². The fourth-order valence-corrected chi connectivity index (χ4v) is 2.87. The zero-order valence-electron chi connectivity index (χ0n) is 8.37. The van der Waals surface area contributed by atoms with Gasteiger partial charge in [0, 0.05) is 18.4 Å². The topological polar surface area (TPSA) is 24.9 Å². The second kappa shape index (κ2) is 3.35. The van der Waals surface area contributed by atoms with Crippen LogP contribution < -0.4 is 5.32 Å².